The maximum atomic E-state index is 12.2. The van der Waals surface area contributed by atoms with E-state index in [4.69, 9.17) is 0 Å². The molecule has 0 amide bonds. The lowest BCUT2D eigenvalue weighted by atomic mass is 9.98. The largest absolute Gasteiger partial charge is 0.294 e. The van der Waals surface area contributed by atoms with Crippen LogP contribution >= 0.6 is 11.8 Å². The predicted molar refractivity (Wildman–Crippen MR) is 75.2 cm³/mol. The molecule has 0 bridgehead atoms. The summed E-state index contributed by atoms with van der Waals surface area (Å²) in [4.78, 5) is 13.3. The highest BCUT2D eigenvalue weighted by molar-refractivity contribution is 7.99. The Balaban J connectivity index is 2.00. The molecule has 0 aromatic heterocycles. The van der Waals surface area contributed by atoms with E-state index >= 15 is 0 Å². The number of aryl methyl sites for hydroxylation is 1. The highest BCUT2D eigenvalue weighted by Gasteiger charge is 2.27. The Hall–Kier alpha value is -1.54. The molecule has 2 aromatic carbocycles. The summed E-state index contributed by atoms with van der Waals surface area (Å²) in [5.74, 6) is 0.262. The van der Waals surface area contributed by atoms with Crippen molar-refractivity contribution in [1.82, 2.24) is 0 Å². The second-order valence-corrected chi connectivity index (χ2v) is 5.83. The van der Waals surface area contributed by atoms with Crippen molar-refractivity contribution >= 4 is 17.5 Å². The van der Waals surface area contributed by atoms with Crippen molar-refractivity contribution in [1.29, 1.82) is 0 Å². The van der Waals surface area contributed by atoms with E-state index in [0.29, 0.717) is 6.42 Å². The van der Waals surface area contributed by atoms with Gasteiger partial charge in [0, 0.05) is 22.1 Å². The molecule has 0 radical (unpaired) electrons. The van der Waals surface area contributed by atoms with Crippen molar-refractivity contribution in [2.75, 3.05) is 0 Å². The Morgan fingerprint density at radius 1 is 1.06 bits per heavy atom. The van der Waals surface area contributed by atoms with E-state index in [1.807, 2.05) is 48.2 Å². The number of Topliss-reactive ketones (excluding diaryl/α,β-unsaturated/α-hetero) is 1. The van der Waals surface area contributed by atoms with Gasteiger partial charge in [0.1, 0.15) is 0 Å². The molecular weight excluding hydrogens is 240 g/mol. The lowest BCUT2D eigenvalue weighted by Gasteiger charge is -2.24. The summed E-state index contributed by atoms with van der Waals surface area (Å²) < 4.78 is 0. The molecule has 2 heteroatoms. The van der Waals surface area contributed by atoms with Gasteiger partial charge in [0.2, 0.25) is 0 Å². The van der Waals surface area contributed by atoms with Crippen LogP contribution in [0.25, 0.3) is 0 Å². The van der Waals surface area contributed by atoms with Gasteiger partial charge in [0.25, 0.3) is 0 Å². The quantitative estimate of drug-likeness (QED) is 0.749. The van der Waals surface area contributed by atoms with Gasteiger partial charge in [-0.05, 0) is 24.1 Å². The summed E-state index contributed by atoms with van der Waals surface area (Å²) >= 11 is 1.81. The van der Waals surface area contributed by atoms with Crippen molar-refractivity contribution in [2.45, 2.75) is 23.5 Å². The first kappa shape index (κ1) is 11.5. The third kappa shape index (κ3) is 1.97. The number of hydrogen-bond donors (Lipinski definition) is 0. The molecule has 2 aromatic rings. The van der Waals surface area contributed by atoms with E-state index in [9.17, 15) is 4.79 Å². The minimum absolute atomic E-state index is 0.258. The molecule has 0 N–H and O–H groups in total. The van der Waals surface area contributed by atoms with Crippen molar-refractivity contribution in [3.8, 4) is 0 Å². The van der Waals surface area contributed by atoms with Crippen LogP contribution in [-0.2, 0) is 0 Å². The fourth-order valence-corrected chi connectivity index (χ4v) is 3.79. The summed E-state index contributed by atoms with van der Waals surface area (Å²) in [6.45, 7) is 2.11. The van der Waals surface area contributed by atoms with E-state index in [1.165, 1.54) is 11.1 Å². The third-order valence-electron chi connectivity index (χ3n) is 3.36. The standard InChI is InChI=1S/C16H14OS/c1-11-6-2-3-7-12(11)16-10-14(17)13-8-4-5-9-15(13)18-16/h2-9,16H,10H2,1H3. The van der Waals surface area contributed by atoms with E-state index in [-0.39, 0.29) is 11.0 Å². The second-order valence-electron chi connectivity index (χ2n) is 4.59. The predicted octanol–water partition coefficient (Wildman–Crippen LogP) is 4.41. The van der Waals surface area contributed by atoms with E-state index in [1.54, 1.807) is 0 Å². The summed E-state index contributed by atoms with van der Waals surface area (Å²) in [6.07, 6.45) is 0.604. The van der Waals surface area contributed by atoms with Crippen molar-refractivity contribution in [3.05, 3.63) is 65.2 Å². The molecule has 1 aliphatic heterocycles. The summed E-state index contributed by atoms with van der Waals surface area (Å²) in [5, 5.41) is 0.258. The summed E-state index contributed by atoms with van der Waals surface area (Å²) in [5.41, 5.74) is 3.43. The first-order valence-electron chi connectivity index (χ1n) is 6.10. The zero-order valence-corrected chi connectivity index (χ0v) is 11.0. The fraction of sp³-hybridized carbons (Fsp3) is 0.188. The van der Waals surface area contributed by atoms with Gasteiger partial charge in [0.05, 0.1) is 0 Å². The molecule has 1 aliphatic rings. The van der Waals surface area contributed by atoms with Gasteiger partial charge in [-0.15, -0.1) is 11.8 Å². The molecule has 3 rings (SSSR count). The number of fused-ring (bicyclic) bond motifs is 1. The number of hydrogen-bond acceptors (Lipinski definition) is 2. The number of benzene rings is 2. The van der Waals surface area contributed by atoms with Gasteiger partial charge in [0.15, 0.2) is 5.78 Å². The van der Waals surface area contributed by atoms with Crippen molar-refractivity contribution < 1.29 is 4.79 Å². The Morgan fingerprint density at radius 3 is 2.61 bits per heavy atom. The minimum atomic E-state index is 0.258. The van der Waals surface area contributed by atoms with Gasteiger partial charge in [-0.1, -0.05) is 42.5 Å². The van der Waals surface area contributed by atoms with Gasteiger partial charge >= 0.3 is 0 Å². The number of ketones is 1. The first-order chi connectivity index (χ1) is 8.75. The maximum absolute atomic E-state index is 12.2. The van der Waals surface area contributed by atoms with Crippen LogP contribution in [0, 0.1) is 6.92 Å². The summed E-state index contributed by atoms with van der Waals surface area (Å²) in [6, 6.07) is 16.2. The van der Waals surface area contributed by atoms with E-state index in [0.717, 1.165) is 10.5 Å². The number of carbonyl (C=O) groups excluding carboxylic acids is 1. The zero-order valence-electron chi connectivity index (χ0n) is 10.2. The topological polar surface area (TPSA) is 17.1 Å². The van der Waals surface area contributed by atoms with Gasteiger partial charge in [-0.25, -0.2) is 0 Å². The van der Waals surface area contributed by atoms with E-state index in [2.05, 4.69) is 19.1 Å². The third-order valence-corrected chi connectivity index (χ3v) is 4.68. The van der Waals surface area contributed by atoms with Crippen LogP contribution in [-0.4, -0.2) is 5.78 Å². The van der Waals surface area contributed by atoms with Crippen LogP contribution in [0.2, 0.25) is 0 Å². The van der Waals surface area contributed by atoms with Crippen LogP contribution in [0.3, 0.4) is 0 Å². The van der Waals surface area contributed by atoms with Crippen LogP contribution < -0.4 is 0 Å². The Bertz CT molecular complexity index is 604. The second kappa shape index (κ2) is 4.62. The van der Waals surface area contributed by atoms with Gasteiger partial charge in [-0.2, -0.15) is 0 Å². The van der Waals surface area contributed by atoms with Crippen LogP contribution in [0.5, 0.6) is 0 Å². The molecule has 1 atom stereocenters. The molecule has 1 unspecified atom stereocenters. The lowest BCUT2D eigenvalue weighted by Crippen LogP contribution is -2.12. The molecule has 0 spiro atoms. The Kier molecular flexibility index (Phi) is 2.96. The van der Waals surface area contributed by atoms with Crippen LogP contribution in [0.1, 0.15) is 33.2 Å². The zero-order chi connectivity index (χ0) is 12.5. The smallest absolute Gasteiger partial charge is 0.165 e. The molecule has 1 heterocycles. The molecule has 0 aliphatic carbocycles. The molecule has 18 heavy (non-hydrogen) atoms. The molecular formula is C16H14OS. The molecule has 0 fully saturated rings. The SMILES string of the molecule is Cc1ccccc1C1CC(=O)c2ccccc2S1. The first-order valence-corrected chi connectivity index (χ1v) is 6.98. The van der Waals surface area contributed by atoms with Crippen LogP contribution in [0.4, 0.5) is 0 Å². The highest BCUT2D eigenvalue weighted by Crippen LogP contribution is 2.45. The van der Waals surface area contributed by atoms with Gasteiger partial charge < -0.3 is 0 Å². The highest BCUT2D eigenvalue weighted by atomic mass is 32.2. The van der Waals surface area contributed by atoms with Crippen molar-refractivity contribution in [2.24, 2.45) is 0 Å². The number of thioether (sulfide) groups is 1. The van der Waals surface area contributed by atoms with Gasteiger partial charge in [-0.3, -0.25) is 4.79 Å². The molecule has 0 saturated heterocycles. The number of rotatable bonds is 1. The molecule has 90 valence electrons. The molecule has 1 nitrogen and oxygen atoms in total. The Morgan fingerprint density at radius 2 is 1.78 bits per heavy atom. The monoisotopic (exact) mass is 254 g/mol. The normalized spacial score (nSPS) is 18.5. The average Bonchev–Trinajstić information content (AvgIpc) is 2.39. The summed E-state index contributed by atoms with van der Waals surface area (Å²) in [7, 11) is 0. The minimum Gasteiger partial charge on any atom is -0.294 e. The fourth-order valence-electron chi connectivity index (χ4n) is 2.39. The lowest BCUT2D eigenvalue weighted by molar-refractivity contribution is 0.0976. The van der Waals surface area contributed by atoms with Crippen LogP contribution in [0.15, 0.2) is 53.4 Å². The average molecular weight is 254 g/mol. The van der Waals surface area contributed by atoms with Crippen molar-refractivity contribution in [3.63, 3.8) is 0 Å². The van der Waals surface area contributed by atoms with E-state index < -0.39 is 0 Å². The maximum Gasteiger partial charge on any atom is 0.165 e. The Labute approximate surface area is 111 Å². The number of carbonyl (C=O) groups is 1. The molecule has 0 saturated carbocycles.